The van der Waals surface area contributed by atoms with Gasteiger partial charge >= 0.3 is 11.9 Å². The number of carboxylic acid groups (broad SMARTS) is 2. The summed E-state index contributed by atoms with van der Waals surface area (Å²) in [5.41, 5.74) is -0.00872. The third-order valence-electron chi connectivity index (χ3n) is 4.58. The van der Waals surface area contributed by atoms with Crippen LogP contribution in [0, 0.1) is 0 Å². The maximum atomic E-state index is 13.0. The quantitative estimate of drug-likeness (QED) is 0.867. The average Bonchev–Trinajstić information content (AvgIpc) is 2.58. The van der Waals surface area contributed by atoms with E-state index in [0.29, 0.717) is 22.4 Å². The van der Waals surface area contributed by atoms with E-state index in [0.717, 1.165) is 0 Å². The van der Waals surface area contributed by atoms with E-state index >= 15 is 0 Å². The molecule has 3 rings (SSSR count). The average molecular weight is 340 g/mol. The van der Waals surface area contributed by atoms with Crippen LogP contribution in [0.4, 0.5) is 0 Å². The molecule has 0 aliphatic heterocycles. The molecule has 25 heavy (non-hydrogen) atoms. The van der Waals surface area contributed by atoms with Crippen molar-refractivity contribution < 1.29 is 29.3 Å². The summed E-state index contributed by atoms with van der Waals surface area (Å²) in [7, 11) is 1.42. The first kappa shape index (κ1) is 16.7. The van der Waals surface area contributed by atoms with Gasteiger partial charge in [-0.25, -0.2) is 0 Å². The molecule has 6 nitrogen and oxygen atoms in total. The van der Waals surface area contributed by atoms with Gasteiger partial charge < -0.3 is 14.9 Å². The van der Waals surface area contributed by atoms with Gasteiger partial charge in [-0.1, -0.05) is 36.4 Å². The van der Waals surface area contributed by atoms with Crippen LogP contribution in [-0.4, -0.2) is 35.0 Å². The lowest BCUT2D eigenvalue weighted by atomic mass is 9.62. The van der Waals surface area contributed by atoms with Gasteiger partial charge in [0.15, 0.2) is 5.78 Å². The number of carbonyl (C=O) groups is 3. The molecule has 2 N–H and O–H groups in total. The van der Waals surface area contributed by atoms with Gasteiger partial charge in [0.25, 0.3) is 0 Å². The monoisotopic (exact) mass is 340 g/mol. The first-order valence-corrected chi connectivity index (χ1v) is 7.66. The Kier molecular flexibility index (Phi) is 4.04. The van der Waals surface area contributed by atoms with Gasteiger partial charge in [-0.05, 0) is 17.2 Å². The Hall–Kier alpha value is -3.15. The normalized spacial score (nSPS) is 14.4. The number of hydrogen-bond acceptors (Lipinski definition) is 4. The van der Waals surface area contributed by atoms with Gasteiger partial charge in [0.05, 0.1) is 25.5 Å². The van der Waals surface area contributed by atoms with E-state index in [-0.39, 0.29) is 11.3 Å². The van der Waals surface area contributed by atoms with Crippen LogP contribution in [0.5, 0.6) is 5.75 Å². The summed E-state index contributed by atoms with van der Waals surface area (Å²) in [5, 5.41) is 19.0. The molecule has 0 radical (unpaired) electrons. The zero-order valence-electron chi connectivity index (χ0n) is 13.5. The SMILES string of the molecule is COc1cccc2c1C(=O)c1ccccc1C2(CC(=O)O)CC(=O)O. The maximum Gasteiger partial charge on any atom is 0.304 e. The van der Waals surface area contributed by atoms with E-state index in [1.165, 1.54) is 7.11 Å². The van der Waals surface area contributed by atoms with E-state index in [1.807, 2.05) is 0 Å². The Morgan fingerprint density at radius 1 is 0.960 bits per heavy atom. The van der Waals surface area contributed by atoms with Gasteiger partial charge in [0.2, 0.25) is 0 Å². The van der Waals surface area contributed by atoms with E-state index in [1.54, 1.807) is 42.5 Å². The van der Waals surface area contributed by atoms with Crippen molar-refractivity contribution in [2.75, 3.05) is 7.11 Å². The van der Waals surface area contributed by atoms with Gasteiger partial charge in [-0.2, -0.15) is 0 Å². The molecule has 0 saturated carbocycles. The minimum atomic E-state index is -1.34. The van der Waals surface area contributed by atoms with Crippen LogP contribution in [0.3, 0.4) is 0 Å². The molecular formula is C19H16O6. The molecule has 0 spiro atoms. The lowest BCUT2D eigenvalue weighted by molar-refractivity contribution is -0.140. The highest BCUT2D eigenvalue weighted by Crippen LogP contribution is 2.48. The Labute approximate surface area is 143 Å². The Morgan fingerprint density at radius 2 is 1.56 bits per heavy atom. The Morgan fingerprint density at radius 3 is 2.16 bits per heavy atom. The summed E-state index contributed by atoms with van der Waals surface area (Å²) < 4.78 is 5.29. The number of methoxy groups -OCH3 is 1. The summed E-state index contributed by atoms with van der Waals surface area (Å²) in [5.74, 6) is -2.27. The zero-order chi connectivity index (χ0) is 18.2. The van der Waals surface area contributed by atoms with E-state index < -0.39 is 30.2 Å². The van der Waals surface area contributed by atoms with Crippen LogP contribution >= 0.6 is 0 Å². The number of carboxylic acids is 2. The number of benzene rings is 2. The number of rotatable bonds is 5. The second kappa shape index (κ2) is 6.05. The highest BCUT2D eigenvalue weighted by atomic mass is 16.5. The molecule has 6 heteroatoms. The van der Waals surface area contributed by atoms with E-state index in [9.17, 15) is 24.6 Å². The highest BCUT2D eigenvalue weighted by molar-refractivity contribution is 6.15. The topological polar surface area (TPSA) is 101 Å². The fourth-order valence-electron chi connectivity index (χ4n) is 3.67. The van der Waals surface area contributed by atoms with Crippen LogP contribution in [0.2, 0.25) is 0 Å². The molecule has 0 bridgehead atoms. The van der Waals surface area contributed by atoms with E-state index in [2.05, 4.69) is 0 Å². The van der Waals surface area contributed by atoms with Gasteiger partial charge in [0, 0.05) is 11.0 Å². The summed E-state index contributed by atoms with van der Waals surface area (Å²) in [6.45, 7) is 0. The van der Waals surface area contributed by atoms with Crippen molar-refractivity contribution in [1.82, 2.24) is 0 Å². The second-order valence-electron chi connectivity index (χ2n) is 5.98. The third kappa shape index (κ3) is 2.55. The lowest BCUT2D eigenvalue weighted by Gasteiger charge is -2.38. The maximum absolute atomic E-state index is 13.0. The van der Waals surface area contributed by atoms with Crippen LogP contribution in [0.25, 0.3) is 0 Å². The van der Waals surface area contributed by atoms with Crippen LogP contribution in [-0.2, 0) is 15.0 Å². The largest absolute Gasteiger partial charge is 0.496 e. The van der Waals surface area contributed by atoms with Crippen LogP contribution in [0.1, 0.15) is 39.9 Å². The first-order valence-electron chi connectivity index (χ1n) is 7.66. The smallest absolute Gasteiger partial charge is 0.304 e. The fraction of sp³-hybridized carbons (Fsp3) is 0.211. The zero-order valence-corrected chi connectivity index (χ0v) is 13.5. The molecule has 2 aromatic carbocycles. The summed E-state index contributed by atoms with van der Waals surface area (Å²) >= 11 is 0. The van der Waals surface area contributed by atoms with Crippen molar-refractivity contribution in [2.24, 2.45) is 0 Å². The molecule has 0 aromatic heterocycles. The highest BCUT2D eigenvalue weighted by Gasteiger charge is 2.47. The third-order valence-corrected chi connectivity index (χ3v) is 4.58. The number of hydrogen-bond donors (Lipinski definition) is 2. The number of aliphatic carboxylic acids is 2. The summed E-state index contributed by atoms with van der Waals surface area (Å²) in [6.07, 6.45) is -0.881. The van der Waals surface area contributed by atoms with Crippen molar-refractivity contribution in [2.45, 2.75) is 18.3 Å². The Bertz CT molecular complexity index is 867. The van der Waals surface area contributed by atoms with Crippen LogP contribution < -0.4 is 4.74 Å². The van der Waals surface area contributed by atoms with Crippen molar-refractivity contribution in [1.29, 1.82) is 0 Å². The van der Waals surface area contributed by atoms with Gasteiger partial charge in [-0.3, -0.25) is 14.4 Å². The fourth-order valence-corrected chi connectivity index (χ4v) is 3.67. The molecule has 0 heterocycles. The number of ether oxygens (including phenoxy) is 1. The molecule has 0 fully saturated rings. The predicted molar refractivity (Wildman–Crippen MR) is 88.2 cm³/mol. The summed E-state index contributed by atoms with van der Waals surface area (Å²) in [6, 6.07) is 11.4. The first-order chi connectivity index (χ1) is 11.9. The molecule has 0 amide bonds. The molecule has 128 valence electrons. The van der Waals surface area contributed by atoms with Crippen molar-refractivity contribution >= 4 is 17.7 Å². The van der Waals surface area contributed by atoms with Crippen LogP contribution in [0.15, 0.2) is 42.5 Å². The van der Waals surface area contributed by atoms with Gasteiger partial charge in [0.1, 0.15) is 5.75 Å². The van der Waals surface area contributed by atoms with Crippen molar-refractivity contribution in [3.05, 3.63) is 64.7 Å². The van der Waals surface area contributed by atoms with E-state index in [4.69, 9.17) is 4.74 Å². The molecule has 0 saturated heterocycles. The van der Waals surface area contributed by atoms with Gasteiger partial charge in [-0.15, -0.1) is 0 Å². The van der Waals surface area contributed by atoms with Crippen molar-refractivity contribution in [3.8, 4) is 5.75 Å². The number of ketones is 1. The molecular weight excluding hydrogens is 324 g/mol. The summed E-state index contributed by atoms with van der Waals surface area (Å²) in [4.78, 5) is 36.2. The molecule has 1 aliphatic carbocycles. The molecule has 1 aliphatic rings. The lowest BCUT2D eigenvalue weighted by Crippen LogP contribution is -2.39. The molecule has 2 aromatic rings. The predicted octanol–water partition coefficient (Wildman–Crippen LogP) is 2.48. The molecule has 0 unspecified atom stereocenters. The Balaban J connectivity index is 2.42. The minimum absolute atomic E-state index is 0.228. The molecule has 0 atom stereocenters. The number of carbonyl (C=O) groups excluding carboxylic acids is 1. The minimum Gasteiger partial charge on any atom is -0.496 e. The second-order valence-corrected chi connectivity index (χ2v) is 5.98. The number of fused-ring (bicyclic) bond motifs is 2. The van der Waals surface area contributed by atoms with Crippen molar-refractivity contribution in [3.63, 3.8) is 0 Å². The standard InChI is InChI=1S/C19H16O6/c1-25-14-8-4-7-13-17(14)18(24)11-5-2-3-6-12(11)19(13,9-15(20)21)10-16(22)23/h2-8H,9-10H2,1H3,(H,20,21)(H,22,23).